The Labute approximate surface area is 104 Å². The van der Waals surface area contributed by atoms with E-state index in [4.69, 9.17) is 0 Å². The van der Waals surface area contributed by atoms with Gasteiger partial charge in [0.1, 0.15) is 0 Å². The van der Waals surface area contributed by atoms with Crippen LogP contribution < -0.4 is 5.32 Å². The maximum atomic E-state index is 12.2. The molecule has 1 aliphatic heterocycles. The third-order valence-corrected chi connectivity index (χ3v) is 5.38. The molecular formula is C14H24N2O. The van der Waals surface area contributed by atoms with Crippen molar-refractivity contribution in [3.8, 4) is 0 Å². The maximum Gasteiger partial charge on any atom is 0.240 e. The average molecular weight is 236 g/mol. The molecule has 2 aliphatic carbocycles. The molecule has 0 spiro atoms. The number of fused-ring (bicyclic) bond motifs is 2. The number of nitrogens with zero attached hydrogens (tertiary/aromatic N) is 1. The van der Waals surface area contributed by atoms with E-state index in [0.717, 1.165) is 17.8 Å². The molecule has 2 saturated carbocycles. The van der Waals surface area contributed by atoms with Crippen LogP contribution in [-0.4, -0.2) is 29.1 Å². The highest BCUT2D eigenvalue weighted by molar-refractivity contribution is 5.84. The summed E-state index contributed by atoms with van der Waals surface area (Å²) in [6.07, 6.45) is 5.84. The van der Waals surface area contributed by atoms with Gasteiger partial charge < -0.3 is 4.90 Å². The van der Waals surface area contributed by atoms with E-state index in [-0.39, 0.29) is 12.2 Å². The quantitative estimate of drug-likeness (QED) is 0.795. The molecule has 0 radical (unpaired) electrons. The lowest BCUT2D eigenvalue weighted by atomic mass is 9.83. The molecule has 3 heteroatoms. The number of carbonyl (C=O) groups excluding carboxylic acids is 1. The standard InChI is InChI=1S/C14H24N2O/c1-8-14(17)16(10(3)15-8)9(2)13-7-11-4-5-12(13)6-11/h8-13,15H,4-7H2,1-3H3. The molecule has 1 N–H and O–H groups in total. The molecule has 1 heterocycles. The predicted molar refractivity (Wildman–Crippen MR) is 67.3 cm³/mol. The Hall–Kier alpha value is -0.570. The zero-order valence-electron chi connectivity index (χ0n) is 11.1. The van der Waals surface area contributed by atoms with Crippen LogP contribution in [0.2, 0.25) is 0 Å². The van der Waals surface area contributed by atoms with Crippen LogP contribution in [0.5, 0.6) is 0 Å². The third kappa shape index (κ3) is 1.70. The number of hydrogen-bond donors (Lipinski definition) is 1. The summed E-state index contributed by atoms with van der Waals surface area (Å²) in [7, 11) is 0. The van der Waals surface area contributed by atoms with Crippen LogP contribution >= 0.6 is 0 Å². The van der Waals surface area contributed by atoms with Gasteiger partial charge in [0.2, 0.25) is 5.91 Å². The van der Waals surface area contributed by atoms with Crippen LogP contribution in [0.3, 0.4) is 0 Å². The highest BCUT2D eigenvalue weighted by Gasteiger charge is 2.46. The van der Waals surface area contributed by atoms with Crippen molar-refractivity contribution in [3.63, 3.8) is 0 Å². The van der Waals surface area contributed by atoms with Gasteiger partial charge in [0.05, 0.1) is 12.2 Å². The van der Waals surface area contributed by atoms with E-state index >= 15 is 0 Å². The second-order valence-electron chi connectivity index (χ2n) is 6.39. The van der Waals surface area contributed by atoms with Crippen LogP contribution in [-0.2, 0) is 4.79 Å². The van der Waals surface area contributed by atoms with Crippen molar-refractivity contribution in [3.05, 3.63) is 0 Å². The van der Waals surface area contributed by atoms with Gasteiger partial charge in [0, 0.05) is 6.04 Å². The Morgan fingerprint density at radius 2 is 2.06 bits per heavy atom. The molecule has 17 heavy (non-hydrogen) atoms. The molecule has 0 aromatic carbocycles. The minimum absolute atomic E-state index is 0.00559. The first-order valence-corrected chi connectivity index (χ1v) is 7.16. The van der Waals surface area contributed by atoms with E-state index in [1.165, 1.54) is 25.7 Å². The summed E-state index contributed by atoms with van der Waals surface area (Å²) in [5.41, 5.74) is 0. The van der Waals surface area contributed by atoms with E-state index < -0.39 is 0 Å². The van der Waals surface area contributed by atoms with Crippen LogP contribution in [0.15, 0.2) is 0 Å². The van der Waals surface area contributed by atoms with Gasteiger partial charge in [-0.25, -0.2) is 0 Å². The van der Waals surface area contributed by atoms with Crippen LogP contribution in [0.1, 0.15) is 46.5 Å². The Morgan fingerprint density at radius 3 is 2.53 bits per heavy atom. The van der Waals surface area contributed by atoms with Crippen molar-refractivity contribution in [2.24, 2.45) is 17.8 Å². The fraction of sp³-hybridized carbons (Fsp3) is 0.929. The average Bonchev–Trinajstić information content (AvgIpc) is 2.94. The lowest BCUT2D eigenvalue weighted by Gasteiger charge is -2.36. The first-order chi connectivity index (χ1) is 8.08. The van der Waals surface area contributed by atoms with Gasteiger partial charge in [0.15, 0.2) is 0 Å². The summed E-state index contributed by atoms with van der Waals surface area (Å²) in [5, 5.41) is 3.34. The molecule has 3 fully saturated rings. The van der Waals surface area contributed by atoms with Crippen molar-refractivity contribution in [2.75, 3.05) is 0 Å². The summed E-state index contributed by atoms with van der Waals surface area (Å²) in [6, 6.07) is 0.427. The molecular weight excluding hydrogens is 212 g/mol. The lowest BCUT2D eigenvalue weighted by Crippen LogP contribution is -2.46. The lowest BCUT2D eigenvalue weighted by molar-refractivity contribution is -0.132. The fourth-order valence-electron chi connectivity index (χ4n) is 4.57. The van der Waals surface area contributed by atoms with Crippen LogP contribution in [0.25, 0.3) is 0 Å². The first-order valence-electron chi connectivity index (χ1n) is 7.16. The molecule has 3 rings (SSSR count). The smallest absolute Gasteiger partial charge is 0.240 e. The minimum atomic E-state index is 0.00559. The molecule has 1 amide bonds. The van der Waals surface area contributed by atoms with Crippen molar-refractivity contribution in [1.29, 1.82) is 0 Å². The zero-order chi connectivity index (χ0) is 12.2. The molecule has 0 aromatic heterocycles. The molecule has 96 valence electrons. The van der Waals surface area contributed by atoms with Gasteiger partial charge in [-0.2, -0.15) is 0 Å². The molecule has 6 atom stereocenters. The van der Waals surface area contributed by atoms with E-state index in [9.17, 15) is 4.79 Å². The second-order valence-corrected chi connectivity index (χ2v) is 6.39. The summed E-state index contributed by atoms with van der Waals surface area (Å²) < 4.78 is 0. The van der Waals surface area contributed by atoms with Crippen molar-refractivity contribution >= 4 is 5.91 Å². The molecule has 2 bridgehead atoms. The SMILES string of the molecule is CC1NC(C)N(C(C)C2CC3CCC2C3)C1=O. The Balaban J connectivity index is 1.74. The van der Waals surface area contributed by atoms with E-state index in [0.29, 0.717) is 11.9 Å². The van der Waals surface area contributed by atoms with Gasteiger partial charge in [-0.1, -0.05) is 6.42 Å². The van der Waals surface area contributed by atoms with E-state index in [1.54, 1.807) is 0 Å². The summed E-state index contributed by atoms with van der Waals surface area (Å²) in [6.45, 7) is 6.36. The number of nitrogens with one attached hydrogen (secondary N) is 1. The van der Waals surface area contributed by atoms with Crippen molar-refractivity contribution < 1.29 is 4.79 Å². The molecule has 3 nitrogen and oxygen atoms in total. The maximum absolute atomic E-state index is 12.2. The van der Waals surface area contributed by atoms with E-state index in [2.05, 4.69) is 24.1 Å². The Morgan fingerprint density at radius 1 is 1.29 bits per heavy atom. The van der Waals surface area contributed by atoms with Crippen LogP contribution in [0, 0.1) is 17.8 Å². The second kappa shape index (κ2) is 3.98. The van der Waals surface area contributed by atoms with Gasteiger partial charge in [-0.05, 0) is 57.8 Å². The minimum Gasteiger partial charge on any atom is -0.323 e. The zero-order valence-corrected chi connectivity index (χ0v) is 11.1. The number of hydrogen-bond acceptors (Lipinski definition) is 2. The Bertz CT molecular complexity index is 330. The highest BCUT2D eigenvalue weighted by atomic mass is 16.2. The summed E-state index contributed by atoms with van der Waals surface area (Å²) >= 11 is 0. The van der Waals surface area contributed by atoms with Gasteiger partial charge in [-0.3, -0.25) is 10.1 Å². The fourth-order valence-corrected chi connectivity index (χ4v) is 4.57. The van der Waals surface area contributed by atoms with Crippen LogP contribution in [0.4, 0.5) is 0 Å². The normalized spacial score (nSPS) is 46.9. The molecule has 0 aromatic rings. The molecule has 1 saturated heterocycles. The highest BCUT2D eigenvalue weighted by Crippen LogP contribution is 2.50. The third-order valence-electron chi connectivity index (χ3n) is 5.38. The monoisotopic (exact) mass is 236 g/mol. The van der Waals surface area contributed by atoms with Gasteiger partial charge in [-0.15, -0.1) is 0 Å². The molecule has 3 aliphatic rings. The summed E-state index contributed by atoms with van der Waals surface area (Å²) in [5.74, 6) is 2.91. The Kier molecular flexibility index (Phi) is 2.69. The van der Waals surface area contributed by atoms with Crippen molar-refractivity contribution in [2.45, 2.75) is 64.7 Å². The largest absolute Gasteiger partial charge is 0.323 e. The van der Waals surface area contributed by atoms with Crippen molar-refractivity contribution in [1.82, 2.24) is 10.2 Å². The number of carbonyl (C=O) groups is 1. The number of rotatable bonds is 2. The number of amides is 1. The molecule has 6 unspecified atom stereocenters. The summed E-state index contributed by atoms with van der Waals surface area (Å²) in [4.78, 5) is 14.3. The first kappa shape index (κ1) is 11.5. The van der Waals surface area contributed by atoms with E-state index in [1.807, 2.05) is 6.92 Å². The predicted octanol–water partition coefficient (Wildman–Crippen LogP) is 1.98. The van der Waals surface area contributed by atoms with Gasteiger partial charge >= 0.3 is 0 Å². The topological polar surface area (TPSA) is 32.3 Å². The van der Waals surface area contributed by atoms with Gasteiger partial charge in [0.25, 0.3) is 0 Å².